The Morgan fingerprint density at radius 2 is 1.53 bits per heavy atom. The van der Waals surface area contributed by atoms with Gasteiger partial charge < -0.3 is 10.2 Å². The molecule has 0 aliphatic heterocycles. The molecule has 0 bridgehead atoms. The lowest BCUT2D eigenvalue weighted by Gasteiger charge is -2.22. The number of hydrogen-bond acceptors (Lipinski definition) is 2. The van der Waals surface area contributed by atoms with Crippen molar-refractivity contribution in [2.45, 2.75) is 40.2 Å². The van der Waals surface area contributed by atoms with Crippen LogP contribution in [0.25, 0.3) is 0 Å². The molecule has 0 radical (unpaired) electrons. The molecular weight excluding hydrogens is 184 g/mol. The number of nitrogens with one attached hydrogen (secondary N) is 1. The molecule has 2 nitrogen and oxygen atoms in total. The first-order valence-corrected chi connectivity index (χ1v) is 5.56. The lowest BCUT2D eigenvalue weighted by molar-refractivity contribution is 0.374. The largest absolute Gasteiger partial charge is 0.308 e. The minimum Gasteiger partial charge on any atom is -0.308 e. The predicted octanol–water partition coefficient (Wildman–Crippen LogP) is 1.97. The van der Waals surface area contributed by atoms with Crippen LogP contribution in [0.1, 0.15) is 34.6 Å². The Labute approximate surface area is 95.4 Å². The Morgan fingerprint density at radius 3 is 1.93 bits per heavy atom. The van der Waals surface area contributed by atoms with E-state index in [1.807, 2.05) is 0 Å². The highest BCUT2D eigenvalue weighted by Gasteiger charge is 2.14. The molecule has 0 aliphatic rings. The molecule has 0 aromatic carbocycles. The van der Waals surface area contributed by atoms with Gasteiger partial charge in [-0.2, -0.15) is 0 Å². The molecule has 0 aromatic heterocycles. The van der Waals surface area contributed by atoms with Crippen molar-refractivity contribution in [2.75, 3.05) is 27.2 Å². The van der Waals surface area contributed by atoms with Gasteiger partial charge in [0.2, 0.25) is 0 Å². The highest BCUT2D eigenvalue weighted by atomic mass is 15.1. The summed E-state index contributed by atoms with van der Waals surface area (Å²) in [6, 6.07) is 0. The first kappa shape index (κ1) is 14.5. The van der Waals surface area contributed by atoms with Crippen LogP contribution >= 0.6 is 0 Å². The SMILES string of the molecule is CN(C)CCNC(C)(C)C#CC(C)(C)C. The van der Waals surface area contributed by atoms with Crippen molar-refractivity contribution in [3.05, 3.63) is 0 Å². The van der Waals surface area contributed by atoms with E-state index in [2.05, 4.69) is 70.8 Å². The molecule has 0 aromatic rings. The van der Waals surface area contributed by atoms with E-state index in [0.717, 1.165) is 13.1 Å². The van der Waals surface area contributed by atoms with Gasteiger partial charge in [0.25, 0.3) is 0 Å². The summed E-state index contributed by atoms with van der Waals surface area (Å²) in [5.74, 6) is 6.57. The average molecular weight is 210 g/mol. The van der Waals surface area contributed by atoms with E-state index in [1.54, 1.807) is 0 Å². The summed E-state index contributed by atoms with van der Waals surface area (Å²) >= 11 is 0. The molecule has 15 heavy (non-hydrogen) atoms. The molecule has 0 rings (SSSR count). The van der Waals surface area contributed by atoms with Crippen molar-refractivity contribution in [3.63, 3.8) is 0 Å². The summed E-state index contributed by atoms with van der Waals surface area (Å²) in [5.41, 5.74) is -0.0101. The standard InChI is InChI=1S/C13H26N2/c1-12(2,3)8-9-13(4,5)14-10-11-15(6)7/h14H,10-11H2,1-7H3. The van der Waals surface area contributed by atoms with Gasteiger partial charge in [-0.3, -0.25) is 0 Å². The molecule has 0 fully saturated rings. The van der Waals surface area contributed by atoms with Gasteiger partial charge in [0.15, 0.2) is 0 Å². The summed E-state index contributed by atoms with van der Waals surface area (Å²) in [4.78, 5) is 2.17. The van der Waals surface area contributed by atoms with Gasteiger partial charge in [0.05, 0.1) is 5.54 Å². The molecule has 1 N–H and O–H groups in total. The van der Waals surface area contributed by atoms with E-state index in [0.29, 0.717) is 0 Å². The maximum atomic E-state index is 3.45. The highest BCUT2D eigenvalue weighted by Crippen LogP contribution is 2.11. The molecule has 0 heterocycles. The second-order valence-electron chi connectivity index (χ2n) is 5.86. The Bertz CT molecular complexity index is 235. The molecular formula is C13H26N2. The lowest BCUT2D eigenvalue weighted by atomic mass is 9.95. The van der Waals surface area contributed by atoms with Crippen LogP contribution in [0.3, 0.4) is 0 Å². The fourth-order valence-electron chi connectivity index (χ4n) is 0.980. The second kappa shape index (κ2) is 5.53. The van der Waals surface area contributed by atoms with Gasteiger partial charge >= 0.3 is 0 Å². The summed E-state index contributed by atoms with van der Waals surface area (Å²) in [6.45, 7) is 12.7. The Balaban J connectivity index is 4.11. The van der Waals surface area contributed by atoms with Crippen LogP contribution < -0.4 is 5.32 Å². The number of rotatable bonds is 4. The topological polar surface area (TPSA) is 15.3 Å². The quantitative estimate of drug-likeness (QED) is 0.714. The molecule has 0 spiro atoms. The van der Waals surface area contributed by atoms with Crippen molar-refractivity contribution in [1.29, 1.82) is 0 Å². The van der Waals surface area contributed by atoms with E-state index < -0.39 is 0 Å². The van der Waals surface area contributed by atoms with Gasteiger partial charge in [-0.15, -0.1) is 0 Å². The minimum atomic E-state index is -0.0940. The fourth-order valence-corrected chi connectivity index (χ4v) is 0.980. The summed E-state index contributed by atoms with van der Waals surface area (Å²) in [7, 11) is 4.16. The van der Waals surface area contributed by atoms with Crippen LogP contribution in [0.2, 0.25) is 0 Å². The van der Waals surface area contributed by atoms with Crippen molar-refractivity contribution < 1.29 is 0 Å². The van der Waals surface area contributed by atoms with Crippen LogP contribution in [0, 0.1) is 17.3 Å². The average Bonchev–Trinajstić information content (AvgIpc) is 1.99. The van der Waals surface area contributed by atoms with Crippen LogP contribution in [0.4, 0.5) is 0 Å². The zero-order chi connectivity index (χ0) is 12.1. The highest BCUT2D eigenvalue weighted by molar-refractivity contribution is 5.17. The van der Waals surface area contributed by atoms with Crippen LogP contribution in [0.15, 0.2) is 0 Å². The fraction of sp³-hybridized carbons (Fsp3) is 0.846. The van der Waals surface area contributed by atoms with Crippen LogP contribution in [-0.4, -0.2) is 37.6 Å². The third-order valence-electron chi connectivity index (χ3n) is 1.88. The van der Waals surface area contributed by atoms with E-state index in [4.69, 9.17) is 0 Å². The van der Waals surface area contributed by atoms with Gasteiger partial charge in [0, 0.05) is 18.5 Å². The molecule has 0 atom stereocenters. The van der Waals surface area contributed by atoms with E-state index >= 15 is 0 Å². The molecule has 0 aliphatic carbocycles. The van der Waals surface area contributed by atoms with Crippen LogP contribution in [0.5, 0.6) is 0 Å². The van der Waals surface area contributed by atoms with Crippen LogP contribution in [-0.2, 0) is 0 Å². The number of hydrogen-bond donors (Lipinski definition) is 1. The first-order chi connectivity index (χ1) is 6.62. The maximum Gasteiger partial charge on any atom is 0.0744 e. The minimum absolute atomic E-state index is 0.0838. The Kier molecular flexibility index (Phi) is 5.34. The maximum absolute atomic E-state index is 3.45. The molecule has 0 unspecified atom stereocenters. The Hall–Kier alpha value is -0.520. The van der Waals surface area contributed by atoms with Gasteiger partial charge in [-0.25, -0.2) is 0 Å². The third kappa shape index (κ3) is 9.78. The summed E-state index contributed by atoms with van der Waals surface area (Å²) in [5, 5.41) is 3.45. The van der Waals surface area contributed by atoms with Crippen molar-refractivity contribution in [1.82, 2.24) is 10.2 Å². The van der Waals surface area contributed by atoms with Crippen molar-refractivity contribution in [3.8, 4) is 11.8 Å². The van der Waals surface area contributed by atoms with E-state index in [1.165, 1.54) is 0 Å². The predicted molar refractivity (Wildman–Crippen MR) is 67.9 cm³/mol. The lowest BCUT2D eigenvalue weighted by Crippen LogP contribution is -2.41. The zero-order valence-corrected chi connectivity index (χ0v) is 11.4. The molecule has 0 saturated heterocycles. The summed E-state index contributed by atoms with van der Waals surface area (Å²) < 4.78 is 0. The van der Waals surface area contributed by atoms with Crippen molar-refractivity contribution >= 4 is 0 Å². The third-order valence-corrected chi connectivity index (χ3v) is 1.88. The molecule has 88 valence electrons. The number of likely N-dealkylation sites (N-methyl/N-ethyl adjacent to an activating group) is 1. The molecule has 0 saturated carbocycles. The Morgan fingerprint density at radius 1 is 1.00 bits per heavy atom. The van der Waals surface area contributed by atoms with Gasteiger partial charge in [-0.05, 0) is 48.7 Å². The summed E-state index contributed by atoms with van der Waals surface area (Å²) in [6.07, 6.45) is 0. The monoisotopic (exact) mass is 210 g/mol. The van der Waals surface area contributed by atoms with Gasteiger partial charge in [-0.1, -0.05) is 11.8 Å². The normalized spacial score (nSPS) is 12.5. The smallest absolute Gasteiger partial charge is 0.0744 e. The molecule has 2 heteroatoms. The first-order valence-electron chi connectivity index (χ1n) is 5.56. The van der Waals surface area contributed by atoms with E-state index in [-0.39, 0.29) is 11.0 Å². The number of nitrogens with zero attached hydrogens (tertiary/aromatic N) is 1. The molecule has 0 amide bonds. The van der Waals surface area contributed by atoms with Crippen molar-refractivity contribution in [2.24, 2.45) is 5.41 Å². The zero-order valence-electron chi connectivity index (χ0n) is 11.4. The second-order valence-corrected chi connectivity index (χ2v) is 5.86. The van der Waals surface area contributed by atoms with E-state index in [9.17, 15) is 0 Å². The van der Waals surface area contributed by atoms with Gasteiger partial charge in [0.1, 0.15) is 0 Å².